The predicted molar refractivity (Wildman–Crippen MR) is 84.7 cm³/mol. The summed E-state index contributed by atoms with van der Waals surface area (Å²) in [5.74, 6) is -0.377. The van der Waals surface area contributed by atoms with Crippen molar-refractivity contribution in [3.63, 3.8) is 0 Å². The molecule has 0 aliphatic rings. The van der Waals surface area contributed by atoms with Gasteiger partial charge in [0.15, 0.2) is 0 Å². The van der Waals surface area contributed by atoms with Crippen LogP contribution >= 0.6 is 27.3 Å². The number of thiophene rings is 1. The largest absolute Gasteiger partial charge is 0.383 e. The van der Waals surface area contributed by atoms with Gasteiger partial charge in [-0.15, -0.1) is 11.3 Å². The molecule has 1 unspecified atom stereocenters. The Morgan fingerprint density at radius 3 is 2.80 bits per heavy atom. The average molecular weight is 351 g/mol. The second-order valence-electron chi connectivity index (χ2n) is 4.74. The molecule has 3 aromatic rings. The molecule has 0 fully saturated rings. The van der Waals surface area contributed by atoms with Gasteiger partial charge in [0.1, 0.15) is 11.9 Å². The van der Waals surface area contributed by atoms with Crippen LogP contribution in [-0.4, -0.2) is 5.11 Å². The predicted octanol–water partition coefficient (Wildman–Crippen LogP) is 5.19. The van der Waals surface area contributed by atoms with Crippen LogP contribution in [0.5, 0.6) is 0 Å². The van der Waals surface area contributed by atoms with Crippen LogP contribution in [0, 0.1) is 12.7 Å². The number of aryl methyl sites for hydroxylation is 1. The van der Waals surface area contributed by atoms with Gasteiger partial charge in [-0.2, -0.15) is 0 Å². The lowest BCUT2D eigenvalue weighted by molar-refractivity contribution is 0.217. The highest BCUT2D eigenvalue weighted by molar-refractivity contribution is 9.10. The Labute approximate surface area is 128 Å². The highest BCUT2D eigenvalue weighted by atomic mass is 79.9. The monoisotopic (exact) mass is 350 g/mol. The van der Waals surface area contributed by atoms with Crippen LogP contribution in [-0.2, 0) is 0 Å². The van der Waals surface area contributed by atoms with Crippen molar-refractivity contribution in [1.82, 2.24) is 0 Å². The number of fused-ring (bicyclic) bond motifs is 1. The Hall–Kier alpha value is -1.23. The normalized spacial score (nSPS) is 12.8. The van der Waals surface area contributed by atoms with Gasteiger partial charge in [-0.25, -0.2) is 4.39 Å². The fraction of sp³-hybridized carbons (Fsp3) is 0.125. The van der Waals surface area contributed by atoms with Crippen molar-refractivity contribution >= 4 is 37.4 Å². The van der Waals surface area contributed by atoms with Gasteiger partial charge in [-0.1, -0.05) is 29.8 Å². The van der Waals surface area contributed by atoms with Crippen LogP contribution < -0.4 is 0 Å². The lowest BCUT2D eigenvalue weighted by atomic mass is 9.99. The molecule has 1 nitrogen and oxygen atoms in total. The van der Waals surface area contributed by atoms with Gasteiger partial charge in [0, 0.05) is 20.3 Å². The first-order valence-corrected chi connectivity index (χ1v) is 7.85. The molecule has 0 saturated carbocycles. The fourth-order valence-electron chi connectivity index (χ4n) is 2.29. The molecule has 20 heavy (non-hydrogen) atoms. The summed E-state index contributed by atoms with van der Waals surface area (Å²) in [5, 5.41) is 13.4. The molecular weight excluding hydrogens is 339 g/mol. The topological polar surface area (TPSA) is 20.2 Å². The van der Waals surface area contributed by atoms with Crippen molar-refractivity contribution in [2.45, 2.75) is 13.0 Å². The Kier molecular flexibility index (Phi) is 3.63. The Morgan fingerprint density at radius 1 is 1.20 bits per heavy atom. The molecular formula is C16H12BrFOS. The summed E-state index contributed by atoms with van der Waals surface area (Å²) in [4.78, 5) is 0. The maximum atomic E-state index is 13.9. The molecule has 1 N–H and O–H groups in total. The summed E-state index contributed by atoms with van der Waals surface area (Å²) in [6.07, 6.45) is -0.946. The summed E-state index contributed by atoms with van der Waals surface area (Å²) in [7, 11) is 0. The van der Waals surface area contributed by atoms with E-state index in [-0.39, 0.29) is 5.82 Å². The smallest absolute Gasteiger partial charge is 0.129 e. The van der Waals surface area contributed by atoms with Crippen LogP contribution in [0.3, 0.4) is 0 Å². The summed E-state index contributed by atoms with van der Waals surface area (Å²) in [6.45, 7) is 1.89. The maximum absolute atomic E-state index is 13.9. The Morgan fingerprint density at radius 2 is 2.00 bits per heavy atom. The summed E-state index contributed by atoms with van der Waals surface area (Å²) in [5.41, 5.74) is 2.00. The third-order valence-corrected chi connectivity index (χ3v) is 5.29. The number of hydrogen-bond donors (Lipinski definition) is 1. The molecule has 1 aromatic heterocycles. The minimum Gasteiger partial charge on any atom is -0.383 e. The first kappa shape index (κ1) is 13.7. The number of aliphatic hydroxyl groups is 1. The zero-order chi connectivity index (χ0) is 14.3. The summed E-state index contributed by atoms with van der Waals surface area (Å²) in [6, 6.07) is 10.6. The van der Waals surface area contributed by atoms with Gasteiger partial charge in [0.2, 0.25) is 0 Å². The molecule has 1 atom stereocenters. The number of hydrogen-bond acceptors (Lipinski definition) is 2. The second-order valence-corrected chi connectivity index (χ2v) is 6.47. The third-order valence-electron chi connectivity index (χ3n) is 3.32. The first-order chi connectivity index (χ1) is 9.58. The van der Waals surface area contributed by atoms with Gasteiger partial charge in [0.25, 0.3) is 0 Å². The van der Waals surface area contributed by atoms with Crippen LogP contribution in [0.2, 0.25) is 0 Å². The first-order valence-electron chi connectivity index (χ1n) is 6.17. The zero-order valence-corrected chi connectivity index (χ0v) is 13.1. The number of halogens is 2. The van der Waals surface area contributed by atoms with Gasteiger partial charge >= 0.3 is 0 Å². The molecule has 102 valence electrons. The molecule has 0 aliphatic carbocycles. The molecule has 0 radical (unpaired) electrons. The van der Waals surface area contributed by atoms with E-state index in [1.807, 2.05) is 30.5 Å². The average Bonchev–Trinajstić information content (AvgIpc) is 2.86. The molecule has 0 aliphatic heterocycles. The van der Waals surface area contributed by atoms with Crippen LogP contribution in [0.1, 0.15) is 22.8 Å². The molecule has 2 aromatic carbocycles. The molecule has 1 heterocycles. The highest BCUT2D eigenvalue weighted by Crippen LogP contribution is 2.37. The van der Waals surface area contributed by atoms with E-state index in [9.17, 15) is 9.50 Å². The van der Waals surface area contributed by atoms with E-state index in [0.29, 0.717) is 5.56 Å². The van der Waals surface area contributed by atoms with Gasteiger partial charge in [-0.05, 0) is 45.8 Å². The van der Waals surface area contributed by atoms with E-state index in [1.54, 1.807) is 23.5 Å². The van der Waals surface area contributed by atoms with Crippen LogP contribution in [0.4, 0.5) is 4.39 Å². The minimum absolute atomic E-state index is 0.324. The number of aliphatic hydroxyl groups excluding tert-OH is 1. The van der Waals surface area contributed by atoms with E-state index in [1.165, 1.54) is 6.07 Å². The molecule has 0 spiro atoms. The van der Waals surface area contributed by atoms with E-state index in [0.717, 1.165) is 25.7 Å². The van der Waals surface area contributed by atoms with Gasteiger partial charge in [0.05, 0.1) is 0 Å². The standard InChI is InChI=1S/C16H12BrFOS/c1-9-5-6-14(18)11(7-9)15(19)12-8-20-16-10(12)3-2-4-13(16)17/h2-8,15,19H,1H3. The van der Waals surface area contributed by atoms with Crippen molar-refractivity contribution < 1.29 is 9.50 Å². The van der Waals surface area contributed by atoms with E-state index in [4.69, 9.17) is 0 Å². The van der Waals surface area contributed by atoms with Crippen LogP contribution in [0.25, 0.3) is 10.1 Å². The third kappa shape index (κ3) is 2.28. The van der Waals surface area contributed by atoms with Crippen molar-refractivity contribution in [2.24, 2.45) is 0 Å². The SMILES string of the molecule is Cc1ccc(F)c(C(O)c2csc3c(Br)cccc23)c1. The van der Waals surface area contributed by atoms with E-state index < -0.39 is 6.10 Å². The maximum Gasteiger partial charge on any atom is 0.129 e. The minimum atomic E-state index is -0.946. The highest BCUT2D eigenvalue weighted by Gasteiger charge is 2.19. The van der Waals surface area contributed by atoms with E-state index in [2.05, 4.69) is 15.9 Å². The fourth-order valence-corrected chi connectivity index (χ4v) is 3.93. The van der Waals surface area contributed by atoms with Gasteiger partial charge < -0.3 is 5.11 Å². The summed E-state index contributed by atoms with van der Waals surface area (Å²) < 4.78 is 16.0. The lowest BCUT2D eigenvalue weighted by Gasteiger charge is -2.12. The van der Waals surface area contributed by atoms with Crippen molar-refractivity contribution in [3.8, 4) is 0 Å². The summed E-state index contributed by atoms with van der Waals surface area (Å²) >= 11 is 5.04. The molecule has 0 amide bonds. The van der Waals surface area contributed by atoms with E-state index >= 15 is 0 Å². The number of benzene rings is 2. The molecule has 0 bridgehead atoms. The molecule has 0 saturated heterocycles. The van der Waals surface area contributed by atoms with Crippen molar-refractivity contribution in [2.75, 3.05) is 0 Å². The Bertz CT molecular complexity index is 781. The number of rotatable bonds is 2. The van der Waals surface area contributed by atoms with Crippen LogP contribution in [0.15, 0.2) is 46.3 Å². The quantitative estimate of drug-likeness (QED) is 0.673. The van der Waals surface area contributed by atoms with Crippen molar-refractivity contribution in [1.29, 1.82) is 0 Å². The van der Waals surface area contributed by atoms with Crippen molar-refractivity contribution in [3.05, 3.63) is 68.8 Å². The molecule has 3 rings (SSSR count). The Balaban J connectivity index is 2.15. The van der Waals surface area contributed by atoms with Gasteiger partial charge in [-0.3, -0.25) is 0 Å². The molecule has 4 heteroatoms. The zero-order valence-electron chi connectivity index (χ0n) is 10.7. The lowest BCUT2D eigenvalue weighted by Crippen LogP contribution is -2.02. The second kappa shape index (κ2) is 5.28.